The Hall–Kier alpha value is -2.21. The van der Waals surface area contributed by atoms with Gasteiger partial charge < -0.3 is 23.9 Å². The molecule has 0 bridgehead atoms. The second-order valence-corrected chi connectivity index (χ2v) is 6.33. The van der Waals surface area contributed by atoms with Gasteiger partial charge in [0.1, 0.15) is 11.6 Å². The number of rotatable bonds is 3. The maximum atomic E-state index is 12.8. The van der Waals surface area contributed by atoms with Gasteiger partial charge in [0.05, 0.1) is 30.8 Å². The lowest BCUT2D eigenvalue weighted by molar-refractivity contribution is -0.0252. The molecular weight excluding hydrogens is 298 g/mol. The minimum Gasteiger partial charge on any atom is -0.493 e. The van der Waals surface area contributed by atoms with Gasteiger partial charge in [-0.2, -0.15) is 0 Å². The van der Waals surface area contributed by atoms with Crippen LogP contribution in [0.15, 0.2) is 16.9 Å². The van der Waals surface area contributed by atoms with Crippen LogP contribution in [0, 0.1) is 0 Å². The van der Waals surface area contributed by atoms with Gasteiger partial charge in [-0.15, -0.1) is 0 Å². The van der Waals surface area contributed by atoms with E-state index in [0.717, 1.165) is 0 Å². The van der Waals surface area contributed by atoms with Crippen LogP contribution in [0.4, 0.5) is 0 Å². The molecule has 0 saturated carbocycles. The smallest absolute Gasteiger partial charge is 0.201 e. The first kappa shape index (κ1) is 15.7. The first-order valence-corrected chi connectivity index (χ1v) is 7.45. The van der Waals surface area contributed by atoms with E-state index in [1.54, 1.807) is 37.7 Å². The standard InChI is InChI=1S/C17H21NO5/c1-17(2,20)12-8-10-14(19)9-6-7-11(21-4)15(22-5)13(9)18(3)16(10)23-12/h6-7,12,20H,8H2,1-5H3. The molecule has 1 aromatic heterocycles. The number of pyridine rings is 1. The van der Waals surface area contributed by atoms with Crippen molar-refractivity contribution < 1.29 is 19.3 Å². The van der Waals surface area contributed by atoms with Crippen molar-refractivity contribution in [3.63, 3.8) is 0 Å². The Balaban J connectivity index is 2.32. The molecule has 23 heavy (non-hydrogen) atoms. The number of fused-ring (bicyclic) bond motifs is 2. The van der Waals surface area contributed by atoms with Crippen LogP contribution >= 0.6 is 0 Å². The highest BCUT2D eigenvalue weighted by atomic mass is 16.5. The van der Waals surface area contributed by atoms with E-state index in [1.165, 1.54) is 7.11 Å². The number of aromatic nitrogens is 1. The monoisotopic (exact) mass is 319 g/mol. The van der Waals surface area contributed by atoms with Crippen LogP contribution < -0.4 is 19.6 Å². The average molecular weight is 319 g/mol. The molecule has 1 aliphatic rings. The van der Waals surface area contributed by atoms with Crippen LogP contribution in [0.2, 0.25) is 0 Å². The summed E-state index contributed by atoms with van der Waals surface area (Å²) in [7, 11) is 4.90. The first-order chi connectivity index (χ1) is 10.8. The van der Waals surface area contributed by atoms with Gasteiger partial charge in [-0.05, 0) is 26.0 Å². The van der Waals surface area contributed by atoms with Crippen molar-refractivity contribution in [2.75, 3.05) is 14.2 Å². The fourth-order valence-corrected chi connectivity index (χ4v) is 3.08. The molecule has 0 spiro atoms. The number of nitrogens with zero attached hydrogens (tertiary/aromatic N) is 1. The third-order valence-electron chi connectivity index (χ3n) is 4.37. The van der Waals surface area contributed by atoms with Gasteiger partial charge >= 0.3 is 0 Å². The quantitative estimate of drug-likeness (QED) is 0.931. The van der Waals surface area contributed by atoms with E-state index in [9.17, 15) is 9.90 Å². The fourth-order valence-electron chi connectivity index (χ4n) is 3.08. The Morgan fingerprint density at radius 3 is 2.57 bits per heavy atom. The van der Waals surface area contributed by atoms with Gasteiger partial charge in [0, 0.05) is 13.5 Å². The Bertz CT molecular complexity index is 832. The van der Waals surface area contributed by atoms with Crippen molar-refractivity contribution in [2.24, 2.45) is 7.05 Å². The third-order valence-corrected chi connectivity index (χ3v) is 4.37. The normalized spacial score (nSPS) is 17.0. The minimum atomic E-state index is -1.04. The van der Waals surface area contributed by atoms with Gasteiger partial charge in [-0.1, -0.05) is 0 Å². The zero-order valence-corrected chi connectivity index (χ0v) is 14.0. The number of aliphatic hydroxyl groups is 1. The molecule has 3 rings (SSSR count). The van der Waals surface area contributed by atoms with Gasteiger partial charge in [-0.3, -0.25) is 4.79 Å². The molecule has 2 heterocycles. The number of benzene rings is 1. The molecule has 0 fully saturated rings. The summed E-state index contributed by atoms with van der Waals surface area (Å²) in [5, 5.41) is 10.8. The van der Waals surface area contributed by atoms with Crippen molar-refractivity contribution >= 4 is 10.9 Å². The molecule has 0 amide bonds. The lowest BCUT2D eigenvalue weighted by Crippen LogP contribution is -2.39. The molecule has 124 valence electrons. The molecule has 0 aliphatic carbocycles. The summed E-state index contributed by atoms with van der Waals surface area (Å²) in [5.74, 6) is 1.51. The number of methoxy groups -OCH3 is 2. The molecule has 6 heteroatoms. The largest absolute Gasteiger partial charge is 0.493 e. The molecule has 1 N–H and O–H groups in total. The van der Waals surface area contributed by atoms with Crippen molar-refractivity contribution in [3.05, 3.63) is 27.9 Å². The van der Waals surface area contributed by atoms with E-state index in [-0.39, 0.29) is 5.43 Å². The zero-order chi connectivity index (χ0) is 16.9. The second kappa shape index (κ2) is 5.16. The molecule has 6 nitrogen and oxygen atoms in total. The van der Waals surface area contributed by atoms with E-state index in [4.69, 9.17) is 14.2 Å². The van der Waals surface area contributed by atoms with E-state index in [0.29, 0.717) is 40.3 Å². The van der Waals surface area contributed by atoms with Gasteiger partial charge in [-0.25, -0.2) is 0 Å². The summed E-state index contributed by atoms with van der Waals surface area (Å²) < 4.78 is 18.4. The van der Waals surface area contributed by atoms with Crippen LogP contribution in [0.25, 0.3) is 10.9 Å². The Morgan fingerprint density at radius 1 is 1.30 bits per heavy atom. The maximum Gasteiger partial charge on any atom is 0.201 e. The Morgan fingerprint density at radius 2 is 2.00 bits per heavy atom. The molecule has 2 aromatic rings. The summed E-state index contributed by atoms with van der Waals surface area (Å²) in [5.41, 5.74) is 0.0685. The molecule has 1 atom stereocenters. The third kappa shape index (κ3) is 2.25. The summed E-state index contributed by atoms with van der Waals surface area (Å²) in [6.45, 7) is 3.36. The van der Waals surface area contributed by atoms with E-state index < -0.39 is 11.7 Å². The van der Waals surface area contributed by atoms with Gasteiger partial charge in [0.15, 0.2) is 16.9 Å². The van der Waals surface area contributed by atoms with E-state index in [1.807, 2.05) is 7.05 Å². The Labute approximate surface area is 134 Å². The van der Waals surface area contributed by atoms with Crippen molar-refractivity contribution in [1.29, 1.82) is 0 Å². The Kier molecular flexibility index (Phi) is 3.52. The maximum absolute atomic E-state index is 12.8. The summed E-state index contributed by atoms with van der Waals surface area (Å²) >= 11 is 0. The molecular formula is C17H21NO5. The van der Waals surface area contributed by atoms with Crippen molar-refractivity contribution in [2.45, 2.75) is 32.0 Å². The number of hydrogen-bond acceptors (Lipinski definition) is 5. The summed E-state index contributed by atoms with van der Waals surface area (Å²) in [6.07, 6.45) is -0.0726. The highest BCUT2D eigenvalue weighted by molar-refractivity contribution is 5.89. The SMILES string of the molecule is COc1ccc2c(=O)c3c(n(C)c2c1OC)OC(C(C)(C)O)C3. The van der Waals surface area contributed by atoms with E-state index >= 15 is 0 Å². The number of hydrogen-bond donors (Lipinski definition) is 1. The highest BCUT2D eigenvalue weighted by Gasteiger charge is 2.38. The second-order valence-electron chi connectivity index (χ2n) is 6.33. The molecule has 1 aromatic carbocycles. The highest BCUT2D eigenvalue weighted by Crippen LogP contribution is 2.39. The lowest BCUT2D eigenvalue weighted by atomic mass is 9.97. The van der Waals surface area contributed by atoms with Crippen LogP contribution in [0.3, 0.4) is 0 Å². The fraction of sp³-hybridized carbons (Fsp3) is 0.471. The van der Waals surface area contributed by atoms with Gasteiger partial charge in [0.2, 0.25) is 5.88 Å². The minimum absolute atomic E-state index is 0.0965. The average Bonchev–Trinajstić information content (AvgIpc) is 2.97. The molecule has 0 saturated heterocycles. The van der Waals surface area contributed by atoms with Crippen molar-refractivity contribution in [3.8, 4) is 17.4 Å². The van der Waals surface area contributed by atoms with E-state index in [2.05, 4.69) is 0 Å². The zero-order valence-electron chi connectivity index (χ0n) is 14.0. The summed E-state index contributed by atoms with van der Waals surface area (Å²) in [6, 6.07) is 3.45. The van der Waals surface area contributed by atoms with Crippen LogP contribution in [0.5, 0.6) is 17.4 Å². The molecule has 1 aliphatic heterocycles. The number of ether oxygens (including phenoxy) is 3. The number of aryl methyl sites for hydroxylation is 1. The van der Waals surface area contributed by atoms with Crippen LogP contribution in [-0.4, -0.2) is 35.6 Å². The predicted octanol–water partition coefficient (Wildman–Crippen LogP) is 1.63. The first-order valence-electron chi connectivity index (χ1n) is 7.45. The topological polar surface area (TPSA) is 69.9 Å². The van der Waals surface area contributed by atoms with Crippen LogP contribution in [0.1, 0.15) is 19.4 Å². The molecule has 0 radical (unpaired) electrons. The van der Waals surface area contributed by atoms with Gasteiger partial charge in [0.25, 0.3) is 0 Å². The molecule has 1 unspecified atom stereocenters. The summed E-state index contributed by atoms with van der Waals surface area (Å²) in [4.78, 5) is 12.8. The lowest BCUT2D eigenvalue weighted by Gasteiger charge is -2.24. The van der Waals surface area contributed by atoms with Crippen LogP contribution in [-0.2, 0) is 13.5 Å². The predicted molar refractivity (Wildman–Crippen MR) is 86.7 cm³/mol. The van der Waals surface area contributed by atoms with Crippen molar-refractivity contribution in [1.82, 2.24) is 4.57 Å².